The standard InChI is InChI=1S/C17H14ClFN2O3/c1-20(11-13-2-6-14(19)7-3-13)17(22)9-5-12-4-8-15(18)16(10-12)21(23)24/h2-10H,11H2,1H3/b9-5+. The Hall–Kier alpha value is -2.73. The van der Waals surface area contributed by atoms with Gasteiger partial charge in [0.2, 0.25) is 5.91 Å². The second-order valence-electron chi connectivity index (χ2n) is 5.12. The highest BCUT2D eigenvalue weighted by Gasteiger charge is 2.12. The Morgan fingerprint density at radius 1 is 1.29 bits per heavy atom. The molecule has 0 aliphatic carbocycles. The van der Waals surface area contributed by atoms with E-state index in [2.05, 4.69) is 0 Å². The minimum atomic E-state index is -0.581. The maximum absolute atomic E-state index is 12.9. The van der Waals surface area contributed by atoms with E-state index in [0.29, 0.717) is 12.1 Å². The fourth-order valence-electron chi connectivity index (χ4n) is 2.01. The molecular formula is C17H14ClFN2O3. The maximum atomic E-state index is 12.9. The highest BCUT2D eigenvalue weighted by molar-refractivity contribution is 6.32. The number of carbonyl (C=O) groups excluding carboxylic acids is 1. The molecule has 1 amide bonds. The predicted molar refractivity (Wildman–Crippen MR) is 90.0 cm³/mol. The summed E-state index contributed by atoms with van der Waals surface area (Å²) in [6, 6.07) is 10.2. The van der Waals surface area contributed by atoms with Crippen molar-refractivity contribution in [3.05, 3.63) is 80.6 Å². The number of nitrogens with zero attached hydrogens (tertiary/aromatic N) is 2. The van der Waals surface area contributed by atoms with Crippen molar-refractivity contribution < 1.29 is 14.1 Å². The minimum Gasteiger partial charge on any atom is -0.338 e. The quantitative estimate of drug-likeness (QED) is 0.465. The van der Waals surface area contributed by atoms with E-state index in [1.807, 2.05) is 0 Å². The molecule has 0 bridgehead atoms. The molecule has 0 spiro atoms. The fourth-order valence-corrected chi connectivity index (χ4v) is 2.20. The van der Waals surface area contributed by atoms with Crippen molar-refractivity contribution in [3.8, 4) is 0 Å². The summed E-state index contributed by atoms with van der Waals surface area (Å²) >= 11 is 5.74. The molecule has 2 aromatic rings. The third kappa shape index (κ3) is 4.63. The molecule has 0 unspecified atom stereocenters. The van der Waals surface area contributed by atoms with Crippen LogP contribution in [-0.4, -0.2) is 22.8 Å². The Labute approximate surface area is 143 Å². The number of nitro benzene ring substituents is 1. The summed E-state index contributed by atoms with van der Waals surface area (Å²) in [5.41, 5.74) is 1.07. The minimum absolute atomic E-state index is 0.0388. The first kappa shape index (κ1) is 17.6. The van der Waals surface area contributed by atoms with Crippen LogP contribution in [0.3, 0.4) is 0 Å². The lowest BCUT2D eigenvalue weighted by Gasteiger charge is -2.15. The zero-order valence-electron chi connectivity index (χ0n) is 12.8. The number of rotatable bonds is 5. The summed E-state index contributed by atoms with van der Waals surface area (Å²) in [5, 5.41) is 10.9. The van der Waals surface area contributed by atoms with Crippen molar-refractivity contribution in [2.75, 3.05) is 7.05 Å². The van der Waals surface area contributed by atoms with Crippen molar-refractivity contribution in [3.63, 3.8) is 0 Å². The van der Waals surface area contributed by atoms with E-state index < -0.39 is 4.92 Å². The molecule has 0 saturated carbocycles. The second-order valence-corrected chi connectivity index (χ2v) is 5.53. The monoisotopic (exact) mass is 348 g/mol. The Kier molecular flexibility index (Phi) is 5.65. The van der Waals surface area contributed by atoms with Crippen molar-refractivity contribution in [1.82, 2.24) is 4.90 Å². The van der Waals surface area contributed by atoms with E-state index in [-0.39, 0.29) is 22.4 Å². The van der Waals surface area contributed by atoms with Gasteiger partial charge in [0.05, 0.1) is 4.92 Å². The van der Waals surface area contributed by atoms with E-state index in [0.717, 1.165) is 5.56 Å². The first-order valence-electron chi connectivity index (χ1n) is 6.98. The molecule has 2 aromatic carbocycles. The SMILES string of the molecule is CN(Cc1ccc(F)cc1)C(=O)/C=C/c1ccc(Cl)c([N+](=O)[O-])c1. The largest absolute Gasteiger partial charge is 0.338 e. The molecule has 5 nitrogen and oxygen atoms in total. The smallest absolute Gasteiger partial charge is 0.288 e. The third-order valence-corrected chi connectivity index (χ3v) is 3.61. The molecule has 0 aliphatic heterocycles. The number of benzene rings is 2. The Morgan fingerprint density at radius 2 is 1.96 bits per heavy atom. The van der Waals surface area contributed by atoms with Crippen molar-refractivity contribution in [1.29, 1.82) is 0 Å². The highest BCUT2D eigenvalue weighted by atomic mass is 35.5. The Bertz CT molecular complexity index is 791. The number of halogens is 2. The molecule has 0 radical (unpaired) electrons. The van der Waals surface area contributed by atoms with Gasteiger partial charge >= 0.3 is 0 Å². The Balaban J connectivity index is 2.05. The van der Waals surface area contributed by atoms with Crippen LogP contribution in [0.2, 0.25) is 5.02 Å². The van der Waals surface area contributed by atoms with E-state index in [9.17, 15) is 19.3 Å². The van der Waals surface area contributed by atoms with Gasteiger partial charge in [-0.05, 0) is 35.4 Å². The second kappa shape index (κ2) is 7.70. The summed E-state index contributed by atoms with van der Waals surface area (Å²) in [5.74, 6) is -0.617. The summed E-state index contributed by atoms with van der Waals surface area (Å²) in [6.45, 7) is 0.324. The average Bonchev–Trinajstić information content (AvgIpc) is 2.55. The summed E-state index contributed by atoms with van der Waals surface area (Å²) < 4.78 is 12.9. The van der Waals surface area contributed by atoms with Gasteiger partial charge in [-0.25, -0.2) is 4.39 Å². The van der Waals surface area contributed by atoms with Gasteiger partial charge in [-0.3, -0.25) is 14.9 Å². The van der Waals surface area contributed by atoms with E-state index in [1.165, 1.54) is 41.3 Å². The lowest BCUT2D eigenvalue weighted by Crippen LogP contribution is -2.24. The van der Waals surface area contributed by atoms with Gasteiger partial charge in [-0.15, -0.1) is 0 Å². The normalized spacial score (nSPS) is 10.8. The van der Waals surface area contributed by atoms with Gasteiger partial charge in [0, 0.05) is 25.7 Å². The molecule has 0 aromatic heterocycles. The van der Waals surface area contributed by atoms with Gasteiger partial charge in [-0.1, -0.05) is 29.8 Å². The van der Waals surface area contributed by atoms with Gasteiger partial charge in [0.1, 0.15) is 10.8 Å². The van der Waals surface area contributed by atoms with Crippen LogP contribution >= 0.6 is 11.6 Å². The molecule has 0 N–H and O–H groups in total. The average molecular weight is 349 g/mol. The van der Waals surface area contributed by atoms with Crippen molar-refractivity contribution in [2.24, 2.45) is 0 Å². The van der Waals surface area contributed by atoms with Crippen LogP contribution in [0.5, 0.6) is 0 Å². The van der Waals surface area contributed by atoms with E-state index >= 15 is 0 Å². The molecule has 0 aliphatic rings. The Morgan fingerprint density at radius 3 is 2.58 bits per heavy atom. The molecule has 24 heavy (non-hydrogen) atoms. The van der Waals surface area contributed by atoms with Crippen molar-refractivity contribution in [2.45, 2.75) is 6.54 Å². The maximum Gasteiger partial charge on any atom is 0.288 e. The van der Waals surface area contributed by atoms with Crippen LogP contribution in [0.4, 0.5) is 10.1 Å². The zero-order valence-corrected chi connectivity index (χ0v) is 13.5. The van der Waals surface area contributed by atoms with Crippen LogP contribution in [0.25, 0.3) is 6.08 Å². The molecular weight excluding hydrogens is 335 g/mol. The molecule has 0 atom stereocenters. The van der Waals surface area contributed by atoms with Crippen LogP contribution in [-0.2, 0) is 11.3 Å². The third-order valence-electron chi connectivity index (χ3n) is 3.29. The first-order chi connectivity index (χ1) is 11.4. The van der Waals surface area contributed by atoms with Gasteiger partial charge in [0.25, 0.3) is 5.69 Å². The van der Waals surface area contributed by atoms with Crippen LogP contribution in [0, 0.1) is 15.9 Å². The molecule has 0 saturated heterocycles. The van der Waals surface area contributed by atoms with Gasteiger partial charge < -0.3 is 4.90 Å². The molecule has 124 valence electrons. The number of nitro groups is 1. The number of hydrogen-bond acceptors (Lipinski definition) is 3. The van der Waals surface area contributed by atoms with Crippen LogP contribution < -0.4 is 0 Å². The topological polar surface area (TPSA) is 63.5 Å². The molecule has 0 heterocycles. The lowest BCUT2D eigenvalue weighted by atomic mass is 10.2. The summed E-state index contributed by atoms with van der Waals surface area (Å²) in [6.07, 6.45) is 2.79. The highest BCUT2D eigenvalue weighted by Crippen LogP contribution is 2.25. The molecule has 7 heteroatoms. The van der Waals surface area contributed by atoms with E-state index in [1.54, 1.807) is 25.2 Å². The number of hydrogen-bond donors (Lipinski definition) is 0. The predicted octanol–water partition coefficient (Wildman–Crippen LogP) is 4.06. The number of carbonyl (C=O) groups is 1. The van der Waals surface area contributed by atoms with Crippen molar-refractivity contribution >= 4 is 29.3 Å². The van der Waals surface area contributed by atoms with Crippen LogP contribution in [0.1, 0.15) is 11.1 Å². The lowest BCUT2D eigenvalue weighted by molar-refractivity contribution is -0.384. The van der Waals surface area contributed by atoms with Gasteiger partial charge in [-0.2, -0.15) is 0 Å². The molecule has 0 fully saturated rings. The number of likely N-dealkylation sites (N-methyl/N-ethyl adjacent to an activating group) is 1. The summed E-state index contributed by atoms with van der Waals surface area (Å²) in [4.78, 5) is 23.8. The van der Waals surface area contributed by atoms with E-state index in [4.69, 9.17) is 11.6 Å². The first-order valence-corrected chi connectivity index (χ1v) is 7.36. The van der Waals surface area contributed by atoms with Crippen LogP contribution in [0.15, 0.2) is 48.5 Å². The molecule has 2 rings (SSSR count). The zero-order chi connectivity index (χ0) is 17.7. The summed E-state index contributed by atoms with van der Waals surface area (Å²) in [7, 11) is 1.61. The van der Waals surface area contributed by atoms with Gasteiger partial charge in [0.15, 0.2) is 0 Å². The number of amides is 1. The fraction of sp³-hybridized carbons (Fsp3) is 0.118.